The number of hydrogen-bond donors (Lipinski definition) is 2. The fraction of sp³-hybridized carbons (Fsp3) is 0. The summed E-state index contributed by atoms with van der Waals surface area (Å²) in [6, 6.07) is 19.4. The van der Waals surface area contributed by atoms with E-state index in [9.17, 15) is 9.59 Å². The van der Waals surface area contributed by atoms with Gasteiger partial charge in [0.1, 0.15) is 11.5 Å². The number of benzene rings is 3. The molecule has 0 fully saturated rings. The number of nitrogens with two attached hydrogens (primary N) is 2. The molecule has 0 bridgehead atoms. The van der Waals surface area contributed by atoms with Gasteiger partial charge in [-0.1, -0.05) is 30.3 Å². The van der Waals surface area contributed by atoms with Crippen molar-refractivity contribution in [3.05, 3.63) is 83.9 Å². The fourth-order valence-corrected chi connectivity index (χ4v) is 2.29. The number of para-hydroxylation sites is 2. The molecule has 4 N–H and O–H groups in total. The number of ether oxygens (including phenoxy) is 2. The molecule has 0 radical (unpaired) electrons. The Labute approximate surface area is 150 Å². The average Bonchev–Trinajstić information content (AvgIpc) is 2.62. The highest BCUT2D eigenvalue weighted by Gasteiger charge is 2.14. The van der Waals surface area contributed by atoms with E-state index >= 15 is 0 Å². The summed E-state index contributed by atoms with van der Waals surface area (Å²) in [7, 11) is 0. The molecular weight excluding hydrogens is 332 g/mol. The van der Waals surface area contributed by atoms with Gasteiger partial charge in [-0.25, -0.2) is 9.59 Å². The summed E-state index contributed by atoms with van der Waals surface area (Å²) in [5.41, 5.74) is 12.7. The summed E-state index contributed by atoms with van der Waals surface area (Å²) in [6.07, 6.45) is 0. The van der Waals surface area contributed by atoms with Crippen LogP contribution in [0.15, 0.2) is 72.8 Å². The zero-order chi connectivity index (χ0) is 18.5. The van der Waals surface area contributed by atoms with E-state index in [-0.39, 0.29) is 22.6 Å². The highest BCUT2D eigenvalue weighted by Crippen LogP contribution is 2.23. The van der Waals surface area contributed by atoms with Crippen molar-refractivity contribution in [1.82, 2.24) is 0 Å². The van der Waals surface area contributed by atoms with Crippen molar-refractivity contribution in [2.45, 2.75) is 0 Å². The molecule has 26 heavy (non-hydrogen) atoms. The first-order valence-corrected chi connectivity index (χ1v) is 7.78. The minimum Gasteiger partial charge on any atom is -0.423 e. The van der Waals surface area contributed by atoms with E-state index in [0.717, 1.165) is 0 Å². The lowest BCUT2D eigenvalue weighted by Gasteiger charge is -2.09. The van der Waals surface area contributed by atoms with Crippen LogP contribution in [0.3, 0.4) is 0 Å². The summed E-state index contributed by atoms with van der Waals surface area (Å²) in [5, 5.41) is 0. The Morgan fingerprint density at radius 2 is 1.04 bits per heavy atom. The third kappa shape index (κ3) is 3.81. The highest BCUT2D eigenvalue weighted by atomic mass is 16.5. The molecule has 0 heterocycles. The molecule has 6 nitrogen and oxygen atoms in total. The molecule has 3 rings (SSSR count). The average molecular weight is 348 g/mol. The Hall–Kier alpha value is -3.80. The summed E-state index contributed by atoms with van der Waals surface area (Å²) >= 11 is 0. The summed E-state index contributed by atoms with van der Waals surface area (Å²) in [5.74, 6) is -0.744. The van der Waals surface area contributed by atoms with Crippen molar-refractivity contribution in [2.75, 3.05) is 11.5 Å². The van der Waals surface area contributed by atoms with Gasteiger partial charge >= 0.3 is 11.9 Å². The number of nitrogen functional groups attached to an aromatic ring is 2. The molecule has 0 atom stereocenters. The standard InChI is InChI=1S/C20H16N2O4/c21-17-10-3-1-8-15(17)19(23)25-13-6-5-7-14(12-13)26-20(24)16-9-2-4-11-18(16)22/h1-12H,21-22H2. The van der Waals surface area contributed by atoms with Gasteiger partial charge in [-0.2, -0.15) is 0 Å². The van der Waals surface area contributed by atoms with Crippen LogP contribution in [0.2, 0.25) is 0 Å². The number of anilines is 2. The van der Waals surface area contributed by atoms with Crippen molar-refractivity contribution in [3.8, 4) is 11.5 Å². The molecule has 0 spiro atoms. The topological polar surface area (TPSA) is 105 Å². The lowest BCUT2D eigenvalue weighted by atomic mass is 10.2. The highest BCUT2D eigenvalue weighted by molar-refractivity contribution is 5.97. The fourth-order valence-electron chi connectivity index (χ4n) is 2.29. The minimum absolute atomic E-state index is 0.226. The predicted molar refractivity (Wildman–Crippen MR) is 98.1 cm³/mol. The van der Waals surface area contributed by atoms with Crippen LogP contribution in [-0.4, -0.2) is 11.9 Å². The molecule has 0 saturated heterocycles. The van der Waals surface area contributed by atoms with Gasteiger partial charge in [-0.15, -0.1) is 0 Å². The number of carbonyl (C=O) groups is 2. The molecule has 0 aromatic heterocycles. The quantitative estimate of drug-likeness (QED) is 0.426. The monoisotopic (exact) mass is 348 g/mol. The lowest BCUT2D eigenvalue weighted by molar-refractivity contribution is 0.0734. The van der Waals surface area contributed by atoms with E-state index in [0.29, 0.717) is 11.4 Å². The van der Waals surface area contributed by atoms with Crippen LogP contribution < -0.4 is 20.9 Å². The van der Waals surface area contributed by atoms with Crippen LogP contribution in [0.25, 0.3) is 0 Å². The predicted octanol–water partition coefficient (Wildman–Crippen LogP) is 3.29. The van der Waals surface area contributed by atoms with E-state index in [1.165, 1.54) is 6.07 Å². The molecule has 3 aromatic carbocycles. The first kappa shape index (κ1) is 17.0. The Morgan fingerprint density at radius 1 is 0.615 bits per heavy atom. The van der Waals surface area contributed by atoms with Crippen molar-refractivity contribution in [3.63, 3.8) is 0 Å². The van der Waals surface area contributed by atoms with Gasteiger partial charge in [-0.05, 0) is 36.4 Å². The zero-order valence-electron chi connectivity index (χ0n) is 13.7. The minimum atomic E-state index is -0.598. The van der Waals surface area contributed by atoms with Gasteiger partial charge in [0.15, 0.2) is 0 Å². The maximum Gasteiger partial charge on any atom is 0.345 e. The second-order valence-electron chi connectivity index (χ2n) is 5.43. The van der Waals surface area contributed by atoms with Crippen molar-refractivity contribution in [2.24, 2.45) is 0 Å². The first-order chi connectivity index (χ1) is 12.5. The smallest absolute Gasteiger partial charge is 0.345 e. The number of esters is 2. The maximum absolute atomic E-state index is 12.2. The molecule has 3 aromatic rings. The second-order valence-corrected chi connectivity index (χ2v) is 5.43. The van der Waals surface area contributed by atoms with Crippen LogP contribution >= 0.6 is 0 Å². The van der Waals surface area contributed by atoms with Crippen LogP contribution in [-0.2, 0) is 0 Å². The largest absolute Gasteiger partial charge is 0.423 e. The third-order valence-electron chi connectivity index (χ3n) is 3.59. The maximum atomic E-state index is 12.2. The molecule has 130 valence electrons. The lowest BCUT2D eigenvalue weighted by Crippen LogP contribution is -2.12. The van der Waals surface area contributed by atoms with E-state index in [1.807, 2.05) is 0 Å². The Bertz CT molecular complexity index is 895. The zero-order valence-corrected chi connectivity index (χ0v) is 13.7. The SMILES string of the molecule is Nc1ccccc1C(=O)Oc1cccc(OC(=O)c2ccccc2N)c1. The Balaban J connectivity index is 1.74. The number of rotatable bonds is 4. The Kier molecular flexibility index (Phi) is 4.85. The molecular formula is C20H16N2O4. The van der Waals surface area contributed by atoms with Gasteiger partial charge in [0.2, 0.25) is 0 Å². The van der Waals surface area contributed by atoms with E-state index in [4.69, 9.17) is 20.9 Å². The molecule has 0 aliphatic heterocycles. The summed E-state index contributed by atoms with van der Waals surface area (Å²) in [4.78, 5) is 24.4. The van der Waals surface area contributed by atoms with Gasteiger partial charge in [0, 0.05) is 17.4 Å². The van der Waals surface area contributed by atoms with Gasteiger partial charge in [-0.3, -0.25) is 0 Å². The number of hydrogen-bond acceptors (Lipinski definition) is 6. The molecule has 0 amide bonds. The van der Waals surface area contributed by atoms with Gasteiger partial charge in [0.05, 0.1) is 11.1 Å². The van der Waals surface area contributed by atoms with Crippen LogP contribution in [0.4, 0.5) is 11.4 Å². The van der Waals surface area contributed by atoms with Crippen molar-refractivity contribution in [1.29, 1.82) is 0 Å². The van der Waals surface area contributed by atoms with Gasteiger partial charge in [0.25, 0.3) is 0 Å². The first-order valence-electron chi connectivity index (χ1n) is 7.78. The second kappa shape index (κ2) is 7.40. The molecule has 0 unspecified atom stereocenters. The molecule has 0 aliphatic carbocycles. The summed E-state index contributed by atoms with van der Waals surface area (Å²) < 4.78 is 10.6. The van der Waals surface area contributed by atoms with Gasteiger partial charge < -0.3 is 20.9 Å². The number of carbonyl (C=O) groups excluding carboxylic acids is 2. The van der Waals surface area contributed by atoms with E-state index < -0.39 is 11.9 Å². The molecule has 0 aliphatic rings. The van der Waals surface area contributed by atoms with E-state index in [2.05, 4.69) is 0 Å². The molecule has 6 heteroatoms. The molecule has 0 saturated carbocycles. The van der Waals surface area contributed by atoms with Crippen LogP contribution in [0, 0.1) is 0 Å². The normalized spacial score (nSPS) is 10.2. The van der Waals surface area contributed by atoms with Crippen LogP contribution in [0.5, 0.6) is 11.5 Å². The van der Waals surface area contributed by atoms with Crippen molar-refractivity contribution < 1.29 is 19.1 Å². The van der Waals surface area contributed by atoms with Crippen molar-refractivity contribution >= 4 is 23.3 Å². The van der Waals surface area contributed by atoms with Crippen LogP contribution in [0.1, 0.15) is 20.7 Å². The third-order valence-corrected chi connectivity index (χ3v) is 3.59. The Morgan fingerprint density at radius 3 is 1.46 bits per heavy atom. The summed E-state index contributed by atoms with van der Waals surface area (Å²) in [6.45, 7) is 0. The van der Waals surface area contributed by atoms with E-state index in [1.54, 1.807) is 66.7 Å².